The molecule has 0 spiro atoms. The van der Waals surface area contributed by atoms with E-state index in [0.717, 1.165) is 17.7 Å². The first-order valence-corrected chi connectivity index (χ1v) is 11.5. The summed E-state index contributed by atoms with van der Waals surface area (Å²) in [5.41, 5.74) is 0.964. The van der Waals surface area contributed by atoms with Gasteiger partial charge in [0.2, 0.25) is 11.8 Å². The zero-order valence-electron chi connectivity index (χ0n) is 19.3. The van der Waals surface area contributed by atoms with Crippen molar-refractivity contribution < 1.29 is 28.7 Å². The maximum atomic E-state index is 12.6. The van der Waals surface area contributed by atoms with Crippen molar-refractivity contribution in [2.45, 2.75) is 52.5 Å². The van der Waals surface area contributed by atoms with Gasteiger partial charge in [-0.3, -0.25) is 24.1 Å². The number of rotatable bonds is 8. The van der Waals surface area contributed by atoms with Gasteiger partial charge < -0.3 is 15.0 Å². The van der Waals surface area contributed by atoms with E-state index in [4.69, 9.17) is 4.74 Å². The van der Waals surface area contributed by atoms with Gasteiger partial charge in [0, 0.05) is 24.3 Å². The number of amides is 4. The lowest BCUT2D eigenvalue weighted by molar-refractivity contribution is -0.159. The van der Waals surface area contributed by atoms with Crippen molar-refractivity contribution in [3.05, 3.63) is 29.8 Å². The Labute approximate surface area is 193 Å². The summed E-state index contributed by atoms with van der Waals surface area (Å²) in [6.07, 6.45) is 3.12. The van der Waals surface area contributed by atoms with Gasteiger partial charge in [-0.15, -0.1) is 0 Å². The van der Waals surface area contributed by atoms with E-state index in [1.807, 2.05) is 13.8 Å². The highest BCUT2D eigenvalue weighted by Crippen LogP contribution is 2.38. The van der Waals surface area contributed by atoms with Gasteiger partial charge in [-0.1, -0.05) is 12.8 Å². The number of carbonyl (C=O) groups is 5. The van der Waals surface area contributed by atoms with Crippen molar-refractivity contribution in [3.8, 4) is 0 Å². The molecule has 4 amide bonds. The number of hydrogen-bond acceptors (Lipinski definition) is 6. The fourth-order valence-electron chi connectivity index (χ4n) is 4.52. The van der Waals surface area contributed by atoms with Crippen LogP contribution in [0.4, 0.5) is 5.69 Å². The molecule has 2 aliphatic rings. The molecule has 0 bridgehead atoms. The molecule has 9 heteroatoms. The highest BCUT2D eigenvalue weighted by molar-refractivity contribution is 6.08. The number of carbonyl (C=O) groups excluding carboxylic acids is 5. The number of nitrogens with one attached hydrogen (secondary N) is 1. The summed E-state index contributed by atoms with van der Waals surface area (Å²) < 4.78 is 5.06. The number of nitrogens with zero attached hydrogens (tertiary/aromatic N) is 2. The van der Waals surface area contributed by atoms with Crippen molar-refractivity contribution in [2.75, 3.05) is 25.0 Å². The average Bonchev–Trinajstić information content (AvgIpc) is 3.08. The van der Waals surface area contributed by atoms with Crippen LogP contribution in [0, 0.1) is 11.8 Å². The lowest BCUT2D eigenvalue weighted by atomic mass is 9.81. The van der Waals surface area contributed by atoms with Crippen LogP contribution >= 0.6 is 0 Å². The van der Waals surface area contributed by atoms with Crippen LogP contribution in [0.25, 0.3) is 0 Å². The molecule has 1 N–H and O–H groups in total. The highest BCUT2D eigenvalue weighted by atomic mass is 16.5. The lowest BCUT2D eigenvalue weighted by Gasteiger charge is -2.21. The fourth-order valence-corrected chi connectivity index (χ4v) is 4.52. The second-order valence-corrected chi connectivity index (χ2v) is 8.43. The Morgan fingerprint density at radius 3 is 2.09 bits per heavy atom. The Bertz CT molecular complexity index is 901. The molecule has 1 saturated heterocycles. The molecule has 1 aromatic rings. The molecule has 0 radical (unpaired) electrons. The normalized spacial score (nSPS) is 20.8. The van der Waals surface area contributed by atoms with E-state index in [2.05, 4.69) is 5.32 Å². The van der Waals surface area contributed by atoms with Crippen molar-refractivity contribution >= 4 is 35.3 Å². The summed E-state index contributed by atoms with van der Waals surface area (Å²) in [5.74, 6) is -2.79. The standard InChI is InChI=1S/C24H31N3O6/c1-4-26(5-2)21(29)16-10-12-17(13-11-16)25-20(28)14-33-24(32)15(3)27-22(30)18-8-6-7-9-19(18)23(27)31/h10-13,15,18-19H,4-9,14H2,1-3H3,(H,25,28). The third kappa shape index (κ3) is 5.23. The zero-order valence-corrected chi connectivity index (χ0v) is 19.3. The van der Waals surface area contributed by atoms with Crippen LogP contribution in [0.5, 0.6) is 0 Å². The van der Waals surface area contributed by atoms with Gasteiger partial charge in [0.15, 0.2) is 6.61 Å². The molecule has 0 aromatic heterocycles. The van der Waals surface area contributed by atoms with E-state index >= 15 is 0 Å². The van der Waals surface area contributed by atoms with E-state index in [9.17, 15) is 24.0 Å². The zero-order chi connectivity index (χ0) is 24.1. The van der Waals surface area contributed by atoms with Crippen LogP contribution < -0.4 is 5.32 Å². The molecular weight excluding hydrogens is 426 g/mol. The molecule has 9 nitrogen and oxygen atoms in total. The largest absolute Gasteiger partial charge is 0.454 e. The van der Waals surface area contributed by atoms with Gasteiger partial charge in [-0.25, -0.2) is 4.79 Å². The minimum absolute atomic E-state index is 0.0911. The summed E-state index contributed by atoms with van der Waals surface area (Å²) >= 11 is 0. The Kier molecular flexibility index (Phi) is 7.84. The minimum Gasteiger partial charge on any atom is -0.454 e. The maximum Gasteiger partial charge on any atom is 0.329 e. The molecule has 1 aliphatic heterocycles. The van der Waals surface area contributed by atoms with Gasteiger partial charge in [-0.2, -0.15) is 0 Å². The summed E-state index contributed by atoms with van der Waals surface area (Å²) in [6.45, 7) is 5.91. The SMILES string of the molecule is CCN(CC)C(=O)c1ccc(NC(=O)COC(=O)C(C)N2C(=O)C3CCCCC3C2=O)cc1. The number of ether oxygens (including phenoxy) is 1. The molecule has 178 valence electrons. The Balaban J connectivity index is 1.51. The van der Waals surface area contributed by atoms with E-state index in [-0.39, 0.29) is 29.6 Å². The van der Waals surface area contributed by atoms with Crippen LogP contribution in [-0.2, 0) is 23.9 Å². The monoisotopic (exact) mass is 457 g/mol. The van der Waals surface area contributed by atoms with Gasteiger partial charge in [0.1, 0.15) is 6.04 Å². The van der Waals surface area contributed by atoms with Gasteiger partial charge >= 0.3 is 5.97 Å². The number of esters is 1. The molecule has 3 rings (SSSR count). The molecule has 1 aliphatic carbocycles. The third-order valence-electron chi connectivity index (χ3n) is 6.42. The van der Waals surface area contributed by atoms with Gasteiger partial charge in [0.25, 0.3) is 11.8 Å². The van der Waals surface area contributed by atoms with E-state index in [0.29, 0.717) is 37.2 Å². The Morgan fingerprint density at radius 2 is 1.58 bits per heavy atom. The molecule has 33 heavy (non-hydrogen) atoms. The second kappa shape index (κ2) is 10.6. The summed E-state index contributed by atoms with van der Waals surface area (Å²) in [4.78, 5) is 64.9. The van der Waals surface area contributed by atoms with Crippen molar-refractivity contribution in [2.24, 2.45) is 11.8 Å². The molecule has 1 heterocycles. The quantitative estimate of drug-likeness (QED) is 0.473. The first kappa shape index (κ1) is 24.4. The topological polar surface area (TPSA) is 113 Å². The molecule has 1 aromatic carbocycles. The molecule has 3 unspecified atom stereocenters. The number of hydrogen-bond donors (Lipinski definition) is 1. The second-order valence-electron chi connectivity index (χ2n) is 8.43. The first-order valence-electron chi connectivity index (χ1n) is 11.5. The predicted molar refractivity (Wildman–Crippen MR) is 120 cm³/mol. The highest BCUT2D eigenvalue weighted by Gasteiger charge is 2.51. The maximum absolute atomic E-state index is 12.6. The number of likely N-dealkylation sites (tertiary alicyclic amines) is 1. The first-order chi connectivity index (χ1) is 15.8. The van der Waals surface area contributed by atoms with Crippen LogP contribution in [-0.4, -0.2) is 65.1 Å². The molecule has 1 saturated carbocycles. The van der Waals surface area contributed by atoms with Crippen LogP contribution in [0.2, 0.25) is 0 Å². The van der Waals surface area contributed by atoms with Crippen LogP contribution in [0.15, 0.2) is 24.3 Å². The molecular formula is C24H31N3O6. The summed E-state index contributed by atoms with van der Waals surface area (Å²) in [7, 11) is 0. The van der Waals surface area contributed by atoms with Crippen molar-refractivity contribution in [3.63, 3.8) is 0 Å². The number of fused-ring (bicyclic) bond motifs is 1. The van der Waals surface area contributed by atoms with E-state index in [1.54, 1.807) is 29.2 Å². The fraction of sp³-hybridized carbons (Fsp3) is 0.542. The van der Waals surface area contributed by atoms with Gasteiger partial charge in [0.05, 0.1) is 11.8 Å². The Morgan fingerprint density at radius 1 is 1.03 bits per heavy atom. The van der Waals surface area contributed by atoms with Crippen LogP contribution in [0.1, 0.15) is 56.8 Å². The Hall–Kier alpha value is -3.23. The smallest absolute Gasteiger partial charge is 0.329 e. The van der Waals surface area contributed by atoms with Gasteiger partial charge in [-0.05, 0) is 57.9 Å². The summed E-state index contributed by atoms with van der Waals surface area (Å²) in [5, 5.41) is 2.60. The molecule has 3 atom stereocenters. The average molecular weight is 458 g/mol. The number of imide groups is 1. The third-order valence-corrected chi connectivity index (χ3v) is 6.42. The molecule has 2 fully saturated rings. The lowest BCUT2D eigenvalue weighted by Crippen LogP contribution is -2.45. The predicted octanol–water partition coefficient (Wildman–Crippen LogP) is 2.21. The van der Waals surface area contributed by atoms with Crippen molar-refractivity contribution in [1.82, 2.24) is 9.80 Å². The number of benzene rings is 1. The van der Waals surface area contributed by atoms with E-state index < -0.39 is 24.5 Å². The minimum atomic E-state index is -1.08. The number of anilines is 1. The van der Waals surface area contributed by atoms with E-state index in [1.165, 1.54) is 6.92 Å². The van der Waals surface area contributed by atoms with Crippen molar-refractivity contribution in [1.29, 1.82) is 0 Å². The van der Waals surface area contributed by atoms with Crippen LogP contribution in [0.3, 0.4) is 0 Å². The summed E-state index contributed by atoms with van der Waals surface area (Å²) in [6, 6.07) is 5.36.